The second-order valence-corrected chi connectivity index (χ2v) is 13.1. The van der Waals surface area contributed by atoms with Gasteiger partial charge in [0.05, 0.1) is 0 Å². The van der Waals surface area contributed by atoms with Gasteiger partial charge in [0, 0.05) is 0 Å². The molecule has 0 aromatic heterocycles. The van der Waals surface area contributed by atoms with Crippen molar-refractivity contribution in [2.24, 2.45) is 0 Å². The molecule has 0 amide bonds. The van der Waals surface area contributed by atoms with Crippen molar-refractivity contribution in [3.05, 3.63) is 36.4 Å². The van der Waals surface area contributed by atoms with Gasteiger partial charge < -0.3 is 0 Å². The van der Waals surface area contributed by atoms with Gasteiger partial charge in [-0.3, -0.25) is 0 Å². The van der Waals surface area contributed by atoms with Gasteiger partial charge in [0.25, 0.3) is 0 Å². The van der Waals surface area contributed by atoms with Gasteiger partial charge in [-0.25, -0.2) is 0 Å². The van der Waals surface area contributed by atoms with E-state index < -0.39 is 0 Å². The van der Waals surface area contributed by atoms with Crippen LogP contribution in [0.15, 0.2) is 46.2 Å². The van der Waals surface area contributed by atoms with Crippen molar-refractivity contribution in [2.75, 3.05) is 0 Å². The molecule has 2 atom stereocenters. The fourth-order valence-electron chi connectivity index (χ4n) is 2.76. The van der Waals surface area contributed by atoms with Crippen LogP contribution in [-0.4, -0.2) is 40.4 Å². The van der Waals surface area contributed by atoms with Crippen molar-refractivity contribution < 1.29 is 0 Å². The number of thioether (sulfide) groups is 2. The third-order valence-corrected chi connectivity index (χ3v) is 13.4. The van der Waals surface area contributed by atoms with E-state index in [9.17, 15) is 0 Å². The number of rotatable bonds is 0. The molecule has 2 aromatic rings. The summed E-state index contributed by atoms with van der Waals surface area (Å²) < 4.78 is 3.34. The Balaban J connectivity index is 1.91. The monoisotopic (exact) mass is 458 g/mol. The Morgan fingerprint density at radius 3 is 2.41 bits per heavy atom. The molecule has 0 nitrogen and oxygen atoms in total. The van der Waals surface area contributed by atoms with E-state index in [1.165, 1.54) is 26.7 Å². The van der Waals surface area contributed by atoms with Crippen molar-refractivity contribution in [3.63, 3.8) is 0 Å². The number of fused-ring (bicyclic) bond motifs is 1. The Morgan fingerprint density at radius 2 is 1.59 bits per heavy atom. The average molecular weight is 456 g/mol. The van der Waals surface area contributed by atoms with Crippen LogP contribution < -0.4 is 8.92 Å². The summed E-state index contributed by atoms with van der Waals surface area (Å²) in [6.07, 6.45) is 0. The fourth-order valence-corrected chi connectivity index (χ4v) is 11.3. The molecule has 114 valence electrons. The molecular formula is C18H18S2Se2. The first-order chi connectivity index (χ1) is 10.7. The van der Waals surface area contributed by atoms with Gasteiger partial charge >= 0.3 is 155 Å². The van der Waals surface area contributed by atoms with E-state index >= 15 is 0 Å². The molecule has 4 aliphatic heterocycles. The SMILES string of the molecule is CC1C[Se]c2ccc(c3c2SC(C)C[Se]3)-c2ccc(cc2)S1. The van der Waals surface area contributed by atoms with E-state index in [1.807, 2.05) is 11.8 Å². The average Bonchev–Trinajstić information content (AvgIpc) is 2.52. The number of hydrogen-bond acceptors (Lipinski definition) is 2. The number of hydrogen-bond donors (Lipinski definition) is 0. The molecule has 0 saturated carbocycles. The molecule has 4 heteroatoms. The van der Waals surface area contributed by atoms with E-state index in [-0.39, 0.29) is 0 Å². The molecule has 0 N–H and O–H groups in total. The van der Waals surface area contributed by atoms with E-state index in [2.05, 4.69) is 62.0 Å². The van der Waals surface area contributed by atoms with Gasteiger partial charge in [-0.15, -0.1) is 0 Å². The van der Waals surface area contributed by atoms with Crippen molar-refractivity contribution in [2.45, 2.75) is 44.8 Å². The zero-order valence-electron chi connectivity index (χ0n) is 12.7. The van der Waals surface area contributed by atoms with Crippen LogP contribution in [0.4, 0.5) is 0 Å². The molecule has 4 aliphatic rings. The second-order valence-electron chi connectivity index (χ2n) is 5.77. The van der Waals surface area contributed by atoms with E-state index in [4.69, 9.17) is 0 Å². The second kappa shape index (κ2) is 6.59. The van der Waals surface area contributed by atoms with Gasteiger partial charge in [0.2, 0.25) is 0 Å². The minimum atomic E-state index is 0.603. The van der Waals surface area contributed by atoms with Crippen molar-refractivity contribution in [1.82, 2.24) is 0 Å². The Kier molecular flexibility index (Phi) is 4.70. The van der Waals surface area contributed by atoms with Crippen LogP contribution in [0.1, 0.15) is 13.8 Å². The van der Waals surface area contributed by atoms with Gasteiger partial charge in [-0.2, -0.15) is 0 Å². The van der Waals surface area contributed by atoms with Crippen LogP contribution >= 0.6 is 23.5 Å². The van der Waals surface area contributed by atoms with Crippen molar-refractivity contribution >= 4 is 62.4 Å². The molecule has 2 aromatic carbocycles. The molecule has 6 rings (SSSR count). The predicted octanol–water partition coefficient (Wildman–Crippen LogP) is 3.84. The summed E-state index contributed by atoms with van der Waals surface area (Å²) in [4.78, 5) is 3.07. The Hall–Kier alpha value is 0.179. The maximum absolute atomic E-state index is 2.43. The topological polar surface area (TPSA) is 0 Å². The third kappa shape index (κ3) is 3.07. The van der Waals surface area contributed by atoms with E-state index in [0.29, 0.717) is 35.2 Å². The van der Waals surface area contributed by atoms with Gasteiger partial charge in [0.1, 0.15) is 0 Å². The van der Waals surface area contributed by atoms with Gasteiger partial charge in [-0.1, -0.05) is 0 Å². The zero-order valence-corrected chi connectivity index (χ0v) is 17.7. The van der Waals surface area contributed by atoms with Gasteiger partial charge in [-0.05, 0) is 0 Å². The third-order valence-electron chi connectivity index (χ3n) is 3.83. The Labute approximate surface area is 153 Å². The summed E-state index contributed by atoms with van der Waals surface area (Å²) in [5, 5.41) is 4.20. The van der Waals surface area contributed by atoms with Crippen LogP contribution in [0.5, 0.6) is 0 Å². The van der Waals surface area contributed by atoms with Crippen LogP contribution in [0.25, 0.3) is 11.1 Å². The summed E-state index contributed by atoms with van der Waals surface area (Å²) in [5.74, 6) is 0. The summed E-state index contributed by atoms with van der Waals surface area (Å²) in [6.45, 7) is 4.78. The first-order valence-electron chi connectivity index (χ1n) is 7.57. The molecule has 0 fully saturated rings. The molecule has 2 unspecified atom stereocenters. The zero-order chi connectivity index (χ0) is 15.1. The summed E-state index contributed by atoms with van der Waals surface area (Å²) in [7, 11) is 0. The summed E-state index contributed by atoms with van der Waals surface area (Å²) >= 11 is 5.41. The van der Waals surface area contributed by atoms with Crippen LogP contribution in [-0.2, 0) is 0 Å². The first-order valence-corrected chi connectivity index (χ1v) is 13.5. The quantitative estimate of drug-likeness (QED) is 0.553. The van der Waals surface area contributed by atoms with E-state index in [1.54, 1.807) is 13.8 Å². The van der Waals surface area contributed by atoms with Crippen LogP contribution in [0.3, 0.4) is 0 Å². The maximum atomic E-state index is 2.43. The fraction of sp³-hybridized carbons (Fsp3) is 0.333. The van der Waals surface area contributed by atoms with Gasteiger partial charge in [0.15, 0.2) is 0 Å². The molecule has 0 spiro atoms. The standard InChI is InChI=1S/C18H18S2Se2/c1-11-9-21-16-8-7-15(13-3-5-14(19-11)6-4-13)18-17(16)20-12(2)10-22-18/h3-8,11-12H,9-10H2,1-2H3. The normalized spacial score (nSPS) is 23.7. The van der Waals surface area contributed by atoms with E-state index in [0.717, 1.165) is 5.25 Å². The molecular weight excluding hydrogens is 438 g/mol. The Morgan fingerprint density at radius 1 is 0.864 bits per heavy atom. The molecule has 0 radical (unpaired) electrons. The molecule has 22 heavy (non-hydrogen) atoms. The Bertz CT molecular complexity index is 697. The predicted molar refractivity (Wildman–Crippen MR) is 103 cm³/mol. The van der Waals surface area contributed by atoms with Crippen molar-refractivity contribution in [3.8, 4) is 11.1 Å². The number of benzene rings is 2. The van der Waals surface area contributed by atoms with Crippen LogP contribution in [0.2, 0.25) is 10.6 Å². The van der Waals surface area contributed by atoms with Crippen LogP contribution in [0, 0.1) is 0 Å². The molecule has 4 bridgehead atoms. The molecule has 4 heterocycles. The molecule has 0 aliphatic carbocycles. The van der Waals surface area contributed by atoms with Crippen molar-refractivity contribution in [1.29, 1.82) is 0 Å². The minimum absolute atomic E-state index is 0.603. The summed E-state index contributed by atoms with van der Waals surface area (Å²) in [6, 6.07) is 14.1. The summed E-state index contributed by atoms with van der Waals surface area (Å²) in [5.41, 5.74) is 2.91. The molecule has 0 saturated heterocycles. The first kappa shape index (κ1) is 15.7.